The normalized spacial score (nSPS) is 10.4. The maximum atomic E-state index is 12.5. The van der Waals surface area contributed by atoms with Crippen LogP contribution >= 0.6 is 22.9 Å². The first-order chi connectivity index (χ1) is 12.4. The van der Waals surface area contributed by atoms with Gasteiger partial charge in [0.05, 0.1) is 0 Å². The number of nitrogens with zero attached hydrogens (tertiary/aromatic N) is 1. The molecule has 0 fully saturated rings. The van der Waals surface area contributed by atoms with Gasteiger partial charge in [-0.15, -0.1) is 11.3 Å². The Morgan fingerprint density at radius 3 is 2.15 bits per heavy atom. The highest BCUT2D eigenvalue weighted by Crippen LogP contribution is 2.29. The van der Waals surface area contributed by atoms with Crippen LogP contribution in [0, 0.1) is 6.92 Å². The zero-order chi connectivity index (χ0) is 18.7. The van der Waals surface area contributed by atoms with E-state index in [1.54, 1.807) is 36.4 Å². The molecule has 1 aromatic heterocycles. The lowest BCUT2D eigenvalue weighted by atomic mass is 10.2. The van der Waals surface area contributed by atoms with Gasteiger partial charge in [0, 0.05) is 33.8 Å². The number of aromatic nitrogens is 1. The van der Waals surface area contributed by atoms with E-state index in [-0.39, 0.29) is 11.8 Å². The van der Waals surface area contributed by atoms with E-state index in [2.05, 4.69) is 15.6 Å². The largest absolute Gasteiger partial charge is 0.326 e. The second kappa shape index (κ2) is 7.68. The number of hydrogen-bond acceptors (Lipinski definition) is 4. The molecule has 0 bridgehead atoms. The van der Waals surface area contributed by atoms with Gasteiger partial charge in [-0.3, -0.25) is 9.59 Å². The Morgan fingerprint density at radius 2 is 1.54 bits per heavy atom. The number of carbonyl (C=O) groups is 2. The highest BCUT2D eigenvalue weighted by atomic mass is 35.5. The van der Waals surface area contributed by atoms with Gasteiger partial charge >= 0.3 is 0 Å². The topological polar surface area (TPSA) is 71.1 Å². The molecule has 26 heavy (non-hydrogen) atoms. The Bertz CT molecular complexity index is 950. The van der Waals surface area contributed by atoms with Crippen LogP contribution in [0.1, 0.15) is 22.3 Å². The van der Waals surface area contributed by atoms with Crippen LogP contribution in [0.4, 0.5) is 11.4 Å². The fourth-order valence-electron chi connectivity index (χ4n) is 2.35. The number of anilines is 2. The van der Waals surface area contributed by atoms with Crippen LogP contribution < -0.4 is 10.6 Å². The highest BCUT2D eigenvalue weighted by Gasteiger charge is 2.16. The molecule has 2 N–H and O–H groups in total. The highest BCUT2D eigenvalue weighted by molar-refractivity contribution is 7.15. The minimum atomic E-state index is -0.262. The molecule has 0 saturated heterocycles. The third kappa shape index (κ3) is 4.28. The van der Waals surface area contributed by atoms with Crippen molar-refractivity contribution >= 4 is 46.1 Å². The first kappa shape index (κ1) is 18.1. The third-order valence-corrected chi connectivity index (χ3v) is 4.84. The molecular weight excluding hydrogens is 370 g/mol. The molecule has 132 valence electrons. The minimum Gasteiger partial charge on any atom is -0.326 e. The van der Waals surface area contributed by atoms with Crippen LogP contribution in [0.2, 0.25) is 5.02 Å². The van der Waals surface area contributed by atoms with Gasteiger partial charge in [0.1, 0.15) is 10.7 Å². The van der Waals surface area contributed by atoms with Crippen molar-refractivity contribution in [3.05, 3.63) is 64.1 Å². The molecule has 0 aliphatic carbocycles. The Kier molecular flexibility index (Phi) is 5.35. The van der Waals surface area contributed by atoms with Crippen LogP contribution in [0.25, 0.3) is 10.6 Å². The molecule has 2 amide bonds. The van der Waals surface area contributed by atoms with E-state index in [1.807, 2.05) is 19.1 Å². The monoisotopic (exact) mass is 385 g/mol. The van der Waals surface area contributed by atoms with Crippen molar-refractivity contribution in [1.82, 2.24) is 4.98 Å². The van der Waals surface area contributed by atoms with E-state index in [0.717, 1.165) is 21.1 Å². The molecule has 0 aliphatic rings. The smallest absolute Gasteiger partial charge is 0.275 e. The molecule has 0 aliphatic heterocycles. The van der Waals surface area contributed by atoms with Crippen molar-refractivity contribution in [3.63, 3.8) is 0 Å². The molecular formula is C19H16ClN3O2S. The van der Waals surface area contributed by atoms with E-state index in [9.17, 15) is 9.59 Å². The number of nitrogens with one attached hydrogen (secondary N) is 2. The number of amides is 2. The van der Waals surface area contributed by atoms with Gasteiger partial charge < -0.3 is 10.6 Å². The SMILES string of the molecule is CC(=O)Nc1ccc(-c2nc(C(=O)Nc3ccc(Cl)cc3)c(C)s2)cc1. The summed E-state index contributed by atoms with van der Waals surface area (Å²) >= 11 is 7.30. The summed E-state index contributed by atoms with van der Waals surface area (Å²) in [5, 5.41) is 6.90. The molecule has 0 saturated carbocycles. The number of halogens is 1. The summed E-state index contributed by atoms with van der Waals surface area (Å²) in [6.45, 7) is 3.33. The summed E-state index contributed by atoms with van der Waals surface area (Å²) in [4.78, 5) is 28.9. The van der Waals surface area contributed by atoms with Gasteiger partial charge in [-0.05, 0) is 55.5 Å². The molecule has 5 nitrogen and oxygen atoms in total. The summed E-state index contributed by atoms with van der Waals surface area (Å²) in [7, 11) is 0. The molecule has 0 atom stereocenters. The molecule has 7 heteroatoms. The fraction of sp³-hybridized carbons (Fsp3) is 0.105. The molecule has 0 unspecified atom stereocenters. The van der Waals surface area contributed by atoms with E-state index in [0.29, 0.717) is 16.4 Å². The van der Waals surface area contributed by atoms with Gasteiger partial charge in [-0.1, -0.05) is 11.6 Å². The van der Waals surface area contributed by atoms with E-state index >= 15 is 0 Å². The van der Waals surface area contributed by atoms with Crippen molar-refractivity contribution in [1.29, 1.82) is 0 Å². The summed E-state index contributed by atoms with van der Waals surface area (Å²) < 4.78 is 0. The predicted octanol–water partition coefficient (Wildman–Crippen LogP) is 4.98. The zero-order valence-electron chi connectivity index (χ0n) is 14.2. The van der Waals surface area contributed by atoms with Crippen LogP contribution in [0.5, 0.6) is 0 Å². The van der Waals surface area contributed by atoms with Crippen molar-refractivity contribution in [2.24, 2.45) is 0 Å². The van der Waals surface area contributed by atoms with Crippen LogP contribution in [0.15, 0.2) is 48.5 Å². The maximum absolute atomic E-state index is 12.5. The first-order valence-electron chi connectivity index (χ1n) is 7.85. The van der Waals surface area contributed by atoms with Gasteiger partial charge in [-0.2, -0.15) is 0 Å². The number of thiazole rings is 1. The van der Waals surface area contributed by atoms with Gasteiger partial charge in [-0.25, -0.2) is 4.98 Å². The van der Waals surface area contributed by atoms with Crippen LogP contribution in [-0.2, 0) is 4.79 Å². The second-order valence-corrected chi connectivity index (χ2v) is 7.28. The molecule has 3 rings (SSSR count). The summed E-state index contributed by atoms with van der Waals surface area (Å²) in [6.07, 6.45) is 0. The van der Waals surface area contributed by atoms with Crippen LogP contribution in [0.3, 0.4) is 0 Å². The molecule has 0 radical (unpaired) electrons. The Labute approximate surface area is 160 Å². The van der Waals surface area contributed by atoms with Crippen molar-refractivity contribution in [2.45, 2.75) is 13.8 Å². The second-order valence-electron chi connectivity index (χ2n) is 5.64. The fourth-order valence-corrected chi connectivity index (χ4v) is 3.40. The number of carbonyl (C=O) groups excluding carboxylic acids is 2. The Morgan fingerprint density at radius 1 is 0.962 bits per heavy atom. The van der Waals surface area contributed by atoms with E-state index in [1.165, 1.54) is 18.3 Å². The number of aryl methyl sites for hydroxylation is 1. The molecule has 2 aromatic carbocycles. The Balaban J connectivity index is 1.78. The van der Waals surface area contributed by atoms with Gasteiger partial charge in [0.2, 0.25) is 5.91 Å². The maximum Gasteiger partial charge on any atom is 0.275 e. The van der Waals surface area contributed by atoms with Gasteiger partial charge in [0.15, 0.2) is 0 Å². The number of hydrogen-bond donors (Lipinski definition) is 2. The number of rotatable bonds is 4. The summed E-state index contributed by atoms with van der Waals surface area (Å²) in [5.74, 6) is -0.383. The summed E-state index contributed by atoms with van der Waals surface area (Å²) in [5.41, 5.74) is 2.66. The third-order valence-electron chi connectivity index (χ3n) is 3.57. The lowest BCUT2D eigenvalue weighted by Crippen LogP contribution is -2.13. The molecule has 1 heterocycles. The van der Waals surface area contributed by atoms with Crippen molar-refractivity contribution in [2.75, 3.05) is 10.6 Å². The quantitative estimate of drug-likeness (QED) is 0.665. The van der Waals surface area contributed by atoms with Crippen molar-refractivity contribution < 1.29 is 9.59 Å². The Hall–Kier alpha value is -2.70. The van der Waals surface area contributed by atoms with E-state index < -0.39 is 0 Å². The molecule has 3 aromatic rings. The lowest BCUT2D eigenvalue weighted by Gasteiger charge is -2.04. The van der Waals surface area contributed by atoms with Crippen molar-refractivity contribution in [3.8, 4) is 10.6 Å². The zero-order valence-corrected chi connectivity index (χ0v) is 15.7. The standard InChI is InChI=1S/C19H16ClN3O2S/c1-11-17(18(25)22-16-9-5-14(20)6-10-16)23-19(26-11)13-3-7-15(8-4-13)21-12(2)24/h3-10H,1-2H3,(H,21,24)(H,22,25). The first-order valence-corrected chi connectivity index (χ1v) is 9.04. The predicted molar refractivity (Wildman–Crippen MR) is 106 cm³/mol. The number of benzene rings is 2. The van der Waals surface area contributed by atoms with Gasteiger partial charge in [0.25, 0.3) is 5.91 Å². The average molecular weight is 386 g/mol. The average Bonchev–Trinajstić information content (AvgIpc) is 2.99. The minimum absolute atomic E-state index is 0.121. The lowest BCUT2D eigenvalue weighted by molar-refractivity contribution is -0.114. The molecule has 0 spiro atoms. The van der Waals surface area contributed by atoms with Crippen LogP contribution in [-0.4, -0.2) is 16.8 Å². The summed E-state index contributed by atoms with van der Waals surface area (Å²) in [6, 6.07) is 14.3. The van der Waals surface area contributed by atoms with E-state index in [4.69, 9.17) is 11.6 Å².